The fraction of sp³-hybridized carbons (Fsp3) is 0.818. The number of carboxylic acid groups (broad SMARTS) is 2. The molecule has 4 nitrogen and oxygen atoms in total. The summed E-state index contributed by atoms with van der Waals surface area (Å²) in [5, 5.41) is 18.6. The first kappa shape index (κ1) is 18.6. The molecule has 0 heterocycles. The first-order valence-electron chi connectivity index (χ1n) is 4.86. The van der Waals surface area contributed by atoms with E-state index in [4.69, 9.17) is 0 Å². The van der Waals surface area contributed by atoms with Crippen LogP contribution in [0.3, 0.4) is 0 Å². The van der Waals surface area contributed by atoms with Gasteiger partial charge in [0.25, 0.3) is 0 Å². The maximum Gasteiger partial charge on any atom is 2.00 e. The minimum atomic E-state index is -1.79. The summed E-state index contributed by atoms with van der Waals surface area (Å²) in [5.74, 6) is -2.56. The Bertz CT molecular complexity index is 262. The minimum absolute atomic E-state index is 0. The largest absolute Gasteiger partial charge is 2.00 e. The normalized spacial score (nSPS) is 12.9. The van der Waals surface area contributed by atoms with Gasteiger partial charge in [0.15, 0.2) is 5.41 Å². The molecule has 0 saturated carbocycles. The van der Waals surface area contributed by atoms with Gasteiger partial charge in [-0.15, -0.1) is 0 Å². The van der Waals surface area contributed by atoms with Gasteiger partial charge in [-0.3, -0.25) is 9.59 Å². The van der Waals surface area contributed by atoms with Crippen LogP contribution in [0.2, 0.25) is 0 Å². The summed E-state index contributed by atoms with van der Waals surface area (Å²) >= 11 is 0. The molecule has 0 amide bonds. The summed E-state index contributed by atoms with van der Waals surface area (Å²) in [6, 6.07) is 0. The van der Waals surface area contributed by atoms with Crippen LogP contribution in [0.1, 0.15) is 44.4 Å². The van der Waals surface area contributed by atoms with E-state index >= 15 is 0 Å². The molecule has 16 heavy (non-hydrogen) atoms. The molecule has 0 aliphatic rings. The summed E-state index contributed by atoms with van der Waals surface area (Å²) in [7, 11) is 0. The van der Waals surface area contributed by atoms with Crippen molar-refractivity contribution >= 4 is 49.7 Å². The van der Waals surface area contributed by atoms with Gasteiger partial charge in [-0.1, -0.05) is 41.5 Å². The summed E-state index contributed by atoms with van der Waals surface area (Å²) in [6.45, 7) is 9.84. The molecule has 5 heteroatoms. The molecule has 0 spiro atoms. The third-order valence-electron chi connectivity index (χ3n) is 2.89. The third kappa shape index (κ3) is 2.71. The molecule has 2 N–H and O–H groups in total. The molecule has 0 aromatic heterocycles. The van der Waals surface area contributed by atoms with Gasteiger partial charge in [-0.25, -0.2) is 0 Å². The van der Waals surface area contributed by atoms with Crippen molar-refractivity contribution < 1.29 is 22.7 Å². The second-order valence-electron chi connectivity index (χ2n) is 5.86. The number of aliphatic carboxylic acids is 2. The predicted octanol–water partition coefficient (Wildman–Crippen LogP) is 2.08. The van der Waals surface area contributed by atoms with E-state index < -0.39 is 28.2 Å². The van der Waals surface area contributed by atoms with Crippen molar-refractivity contribution in [1.82, 2.24) is 0 Å². The Morgan fingerprint density at radius 3 is 1.00 bits per heavy atom. The maximum atomic E-state index is 11.4. The maximum absolute atomic E-state index is 11.4. The van der Waals surface area contributed by atoms with Crippen LogP contribution in [0.5, 0.6) is 0 Å². The van der Waals surface area contributed by atoms with Crippen LogP contribution >= 0.6 is 0 Å². The first-order valence-corrected chi connectivity index (χ1v) is 4.86. The van der Waals surface area contributed by atoms with E-state index in [0.29, 0.717) is 0 Å². The van der Waals surface area contributed by atoms with E-state index in [0.717, 1.165) is 0 Å². The molecule has 92 valence electrons. The van der Waals surface area contributed by atoms with Crippen LogP contribution in [0, 0.1) is 16.2 Å². The minimum Gasteiger partial charge on any atom is -1.00 e. The van der Waals surface area contributed by atoms with Crippen LogP contribution in [0.15, 0.2) is 0 Å². The molecule has 0 aliphatic heterocycles. The Labute approximate surface area is 129 Å². The van der Waals surface area contributed by atoms with Crippen LogP contribution in [0.25, 0.3) is 0 Å². The zero-order valence-corrected chi connectivity index (χ0v) is 13.1. The van der Waals surface area contributed by atoms with Gasteiger partial charge in [0.2, 0.25) is 0 Å². The van der Waals surface area contributed by atoms with Crippen LogP contribution in [-0.4, -0.2) is 59.9 Å². The van der Waals surface area contributed by atoms with Crippen molar-refractivity contribution in [3.63, 3.8) is 0 Å². The van der Waals surface area contributed by atoms with E-state index in [-0.39, 0.29) is 40.6 Å². The predicted molar refractivity (Wildman–Crippen MR) is 64.6 cm³/mol. The van der Waals surface area contributed by atoms with Crippen LogP contribution in [-0.2, 0) is 9.59 Å². The Morgan fingerprint density at radius 1 is 0.812 bits per heavy atom. The van der Waals surface area contributed by atoms with E-state index in [1.807, 2.05) is 0 Å². The van der Waals surface area contributed by atoms with E-state index in [9.17, 15) is 19.8 Å². The fourth-order valence-corrected chi connectivity index (χ4v) is 2.50. The molecule has 0 saturated heterocycles. The fourth-order valence-electron chi connectivity index (χ4n) is 2.50. The Balaban J connectivity index is -0.000000327. The molecule has 0 radical (unpaired) electrons. The quantitative estimate of drug-likeness (QED) is 0.587. The Kier molecular flexibility index (Phi) is 6.07. The first-order chi connectivity index (χ1) is 6.39. The molecule has 0 rings (SSSR count). The van der Waals surface area contributed by atoms with Gasteiger partial charge in [-0.05, 0) is 10.8 Å². The molecule has 0 aromatic carbocycles. The summed E-state index contributed by atoms with van der Waals surface area (Å²) in [6.07, 6.45) is 0. The van der Waals surface area contributed by atoms with Gasteiger partial charge in [0.1, 0.15) is 0 Å². The van der Waals surface area contributed by atoms with Crippen LogP contribution in [0.4, 0.5) is 0 Å². The van der Waals surface area contributed by atoms with Gasteiger partial charge in [-0.2, -0.15) is 0 Å². The molecular formula is C11H22CaO4. The average Bonchev–Trinajstić information content (AvgIpc) is 1.75. The molecule has 0 unspecified atom stereocenters. The topological polar surface area (TPSA) is 74.6 Å². The zero-order chi connectivity index (χ0) is 12.7. The summed E-state index contributed by atoms with van der Waals surface area (Å²) in [4.78, 5) is 22.8. The second-order valence-corrected chi connectivity index (χ2v) is 5.86. The van der Waals surface area contributed by atoms with Gasteiger partial charge in [0.05, 0.1) is 0 Å². The molecule has 0 aliphatic carbocycles. The SMILES string of the molecule is CC(C)(C)C(C(=O)O)(C(=O)O)C(C)(C)C.[Ca+2].[H-].[H-]. The second kappa shape index (κ2) is 5.23. The summed E-state index contributed by atoms with van der Waals surface area (Å²) in [5.41, 5.74) is -3.51. The van der Waals surface area contributed by atoms with E-state index in [2.05, 4.69) is 0 Å². The average molecular weight is 258 g/mol. The van der Waals surface area contributed by atoms with Crippen molar-refractivity contribution in [3.05, 3.63) is 0 Å². The molecule has 0 bridgehead atoms. The van der Waals surface area contributed by atoms with Crippen molar-refractivity contribution in [2.24, 2.45) is 16.2 Å². The Morgan fingerprint density at radius 2 is 1.00 bits per heavy atom. The number of carboxylic acids is 2. The monoisotopic (exact) mass is 258 g/mol. The van der Waals surface area contributed by atoms with Gasteiger partial charge < -0.3 is 13.1 Å². The molecule has 0 atom stereocenters. The smallest absolute Gasteiger partial charge is 1.00 e. The van der Waals surface area contributed by atoms with Crippen molar-refractivity contribution in [1.29, 1.82) is 0 Å². The van der Waals surface area contributed by atoms with E-state index in [1.165, 1.54) is 0 Å². The van der Waals surface area contributed by atoms with Gasteiger partial charge >= 0.3 is 49.7 Å². The standard InChI is InChI=1S/C11H20O4.Ca.2H/c1-9(2,3)11(7(12)13,8(14)15)10(4,5)6;;;/h1-6H3,(H,12,13)(H,14,15);;;/q;+2;2*-1. The number of rotatable bonds is 2. The van der Waals surface area contributed by atoms with Crippen molar-refractivity contribution in [2.75, 3.05) is 0 Å². The zero-order valence-electron chi connectivity index (χ0n) is 12.9. The Hall–Kier alpha value is 0.200. The van der Waals surface area contributed by atoms with E-state index in [1.54, 1.807) is 41.5 Å². The number of hydrogen-bond acceptors (Lipinski definition) is 2. The van der Waals surface area contributed by atoms with Crippen molar-refractivity contribution in [3.8, 4) is 0 Å². The van der Waals surface area contributed by atoms with Crippen molar-refractivity contribution in [2.45, 2.75) is 41.5 Å². The molecule has 0 aromatic rings. The summed E-state index contributed by atoms with van der Waals surface area (Å²) < 4.78 is 0. The number of carbonyl (C=O) groups is 2. The molecular weight excluding hydrogens is 236 g/mol. The van der Waals surface area contributed by atoms with Crippen LogP contribution < -0.4 is 0 Å². The number of hydrogen-bond donors (Lipinski definition) is 2. The van der Waals surface area contributed by atoms with Gasteiger partial charge in [0, 0.05) is 0 Å². The third-order valence-corrected chi connectivity index (χ3v) is 2.89. The molecule has 0 fully saturated rings.